The van der Waals surface area contributed by atoms with Crippen molar-refractivity contribution in [1.29, 1.82) is 0 Å². The Balaban J connectivity index is 2.08. The highest BCUT2D eigenvalue weighted by atomic mass is 16.7. The molecule has 0 aliphatic carbocycles. The minimum Gasteiger partial charge on any atom is -0.461 e. The molecule has 0 spiro atoms. The summed E-state index contributed by atoms with van der Waals surface area (Å²) in [6.45, 7) is 0.962. The number of benzene rings is 1. The molecule has 0 atom stereocenters. The van der Waals surface area contributed by atoms with Crippen LogP contribution in [-0.4, -0.2) is 67.6 Å². The lowest BCUT2D eigenvalue weighted by Gasteiger charge is -2.14. The van der Waals surface area contributed by atoms with E-state index in [0.29, 0.717) is 29.8 Å². The number of ether oxygens (including phenoxy) is 1. The zero-order valence-corrected chi connectivity index (χ0v) is 15.9. The maximum Gasteiger partial charge on any atom is 0.341 e. The van der Waals surface area contributed by atoms with E-state index in [-0.39, 0.29) is 11.9 Å². The molecule has 0 unspecified atom stereocenters. The molecule has 0 saturated carbocycles. The van der Waals surface area contributed by atoms with Gasteiger partial charge in [-0.2, -0.15) is 0 Å². The molecule has 0 radical (unpaired) electrons. The molecule has 7 nitrogen and oxygen atoms in total. The van der Waals surface area contributed by atoms with Crippen LogP contribution < -0.4 is 0 Å². The van der Waals surface area contributed by atoms with E-state index in [0.717, 1.165) is 16.0 Å². The third kappa shape index (κ3) is 3.65. The first-order valence-electron chi connectivity index (χ1n) is 8.61. The lowest BCUT2D eigenvalue weighted by molar-refractivity contribution is -0.0757. The van der Waals surface area contributed by atoms with Crippen molar-refractivity contribution < 1.29 is 19.2 Å². The molecule has 1 amide bonds. The van der Waals surface area contributed by atoms with E-state index in [9.17, 15) is 9.59 Å². The fourth-order valence-electron chi connectivity index (χ4n) is 2.94. The summed E-state index contributed by atoms with van der Waals surface area (Å²) in [6, 6.07) is 11.0. The molecular weight excluding hydrogens is 346 g/mol. The molecule has 3 aromatic rings. The zero-order valence-electron chi connectivity index (χ0n) is 15.9. The Labute approximate surface area is 157 Å². The fourth-order valence-corrected chi connectivity index (χ4v) is 2.94. The van der Waals surface area contributed by atoms with Gasteiger partial charge in [0, 0.05) is 25.2 Å². The van der Waals surface area contributed by atoms with E-state index < -0.39 is 0 Å². The second kappa shape index (κ2) is 7.77. The molecule has 1 aromatic carbocycles. The van der Waals surface area contributed by atoms with Crippen molar-refractivity contribution in [2.45, 2.75) is 0 Å². The minimum atomic E-state index is -0.372. The largest absolute Gasteiger partial charge is 0.461 e. The number of rotatable bonds is 6. The molecule has 0 fully saturated rings. The van der Waals surface area contributed by atoms with Crippen molar-refractivity contribution in [3.63, 3.8) is 0 Å². The lowest BCUT2D eigenvalue weighted by atomic mass is 10.1. The average Bonchev–Trinajstić information content (AvgIpc) is 3.00. The third-order valence-corrected chi connectivity index (χ3v) is 4.42. The quantitative estimate of drug-likeness (QED) is 0.493. The second-order valence-corrected chi connectivity index (χ2v) is 6.49. The van der Waals surface area contributed by atoms with Gasteiger partial charge in [0.05, 0.1) is 29.3 Å². The normalized spacial score (nSPS) is 11.3. The highest BCUT2D eigenvalue weighted by Gasteiger charge is 2.21. The molecular formula is C20H23N3O4. The van der Waals surface area contributed by atoms with E-state index in [1.54, 1.807) is 25.4 Å². The number of carbonyl (C=O) groups is 2. The van der Waals surface area contributed by atoms with Gasteiger partial charge < -0.3 is 14.0 Å². The van der Waals surface area contributed by atoms with E-state index in [2.05, 4.69) is 0 Å². The Kier molecular flexibility index (Phi) is 5.43. The zero-order chi connectivity index (χ0) is 19.6. The van der Waals surface area contributed by atoms with Crippen molar-refractivity contribution in [1.82, 2.24) is 14.4 Å². The number of amides is 1. The maximum atomic E-state index is 12.7. The lowest BCUT2D eigenvalue weighted by Crippen LogP contribution is -2.25. The molecule has 2 heterocycles. The Morgan fingerprint density at radius 2 is 1.78 bits per heavy atom. The predicted octanol–water partition coefficient (Wildman–Crippen LogP) is 2.44. The summed E-state index contributed by atoms with van der Waals surface area (Å²) in [6.07, 6.45) is 1.71. The molecule has 27 heavy (non-hydrogen) atoms. The van der Waals surface area contributed by atoms with E-state index in [1.165, 1.54) is 7.11 Å². The predicted molar refractivity (Wildman–Crippen MR) is 103 cm³/mol. The third-order valence-electron chi connectivity index (χ3n) is 4.42. The van der Waals surface area contributed by atoms with Crippen molar-refractivity contribution in [2.24, 2.45) is 0 Å². The van der Waals surface area contributed by atoms with Gasteiger partial charge >= 0.3 is 5.97 Å². The molecule has 0 bridgehead atoms. The molecule has 7 heteroatoms. The Bertz CT molecular complexity index is 993. The Morgan fingerprint density at radius 3 is 2.48 bits per heavy atom. The summed E-state index contributed by atoms with van der Waals surface area (Å²) in [5.74, 6) is -0.643. The summed E-state index contributed by atoms with van der Waals surface area (Å²) in [5.41, 5.74) is 2.49. The summed E-state index contributed by atoms with van der Waals surface area (Å²) in [7, 11) is 6.83. The topological polar surface area (TPSA) is 63.5 Å². The summed E-state index contributed by atoms with van der Waals surface area (Å²) < 4.78 is 7.30. The van der Waals surface area contributed by atoms with Gasteiger partial charge in [-0.3, -0.25) is 9.63 Å². The van der Waals surface area contributed by atoms with Gasteiger partial charge in [-0.05, 0) is 32.3 Å². The van der Waals surface area contributed by atoms with Crippen LogP contribution in [-0.2, 0) is 9.57 Å². The average molecular weight is 369 g/mol. The highest BCUT2D eigenvalue weighted by molar-refractivity contribution is 6.12. The van der Waals surface area contributed by atoms with Gasteiger partial charge in [-0.1, -0.05) is 18.2 Å². The molecule has 142 valence electrons. The van der Waals surface area contributed by atoms with Crippen LogP contribution in [0.1, 0.15) is 20.7 Å². The molecule has 0 saturated heterocycles. The number of hydrogen-bond acceptors (Lipinski definition) is 5. The number of nitrogens with zero attached hydrogens (tertiary/aromatic N) is 3. The molecule has 3 rings (SSSR count). The number of para-hydroxylation sites is 1. The van der Waals surface area contributed by atoms with Crippen LogP contribution in [0.2, 0.25) is 0 Å². The first kappa shape index (κ1) is 18.9. The van der Waals surface area contributed by atoms with E-state index in [4.69, 9.17) is 9.57 Å². The molecule has 0 N–H and O–H groups in total. The number of hydrogen-bond donors (Lipinski definition) is 0. The maximum absolute atomic E-state index is 12.7. The second-order valence-electron chi connectivity index (χ2n) is 6.49. The summed E-state index contributed by atoms with van der Waals surface area (Å²) >= 11 is 0. The van der Waals surface area contributed by atoms with Crippen molar-refractivity contribution in [3.05, 3.63) is 53.7 Å². The first-order chi connectivity index (χ1) is 12.9. The fraction of sp³-hybridized carbons (Fsp3) is 0.300. The van der Waals surface area contributed by atoms with Gasteiger partial charge in [0.15, 0.2) is 0 Å². The van der Waals surface area contributed by atoms with E-state index >= 15 is 0 Å². The van der Waals surface area contributed by atoms with Crippen LogP contribution in [0.25, 0.3) is 16.4 Å². The van der Waals surface area contributed by atoms with Crippen LogP contribution in [0, 0.1) is 0 Å². The van der Waals surface area contributed by atoms with Gasteiger partial charge in [0.1, 0.15) is 6.61 Å². The van der Waals surface area contributed by atoms with Crippen LogP contribution >= 0.6 is 0 Å². The smallest absolute Gasteiger partial charge is 0.341 e. The number of hydroxylamine groups is 2. The van der Waals surface area contributed by atoms with Crippen LogP contribution in [0.5, 0.6) is 0 Å². The first-order valence-corrected chi connectivity index (χ1v) is 8.61. The van der Waals surface area contributed by atoms with Gasteiger partial charge in [-0.25, -0.2) is 9.86 Å². The highest BCUT2D eigenvalue weighted by Crippen LogP contribution is 2.28. The van der Waals surface area contributed by atoms with Crippen molar-refractivity contribution in [3.8, 4) is 0 Å². The van der Waals surface area contributed by atoms with E-state index in [1.807, 2.05) is 47.7 Å². The SMILES string of the molecule is CON(C)C(=O)c1ccc2c(C(=O)OCCN(C)C)c3ccccc3n2c1. The van der Waals surface area contributed by atoms with Crippen LogP contribution in [0.15, 0.2) is 42.6 Å². The Hall–Kier alpha value is -2.90. The monoisotopic (exact) mass is 369 g/mol. The summed E-state index contributed by atoms with van der Waals surface area (Å²) in [4.78, 5) is 32.1. The molecule has 2 aromatic heterocycles. The van der Waals surface area contributed by atoms with Gasteiger partial charge in [0.25, 0.3) is 5.91 Å². The number of aromatic nitrogens is 1. The van der Waals surface area contributed by atoms with Gasteiger partial charge in [0.2, 0.25) is 0 Å². The van der Waals surface area contributed by atoms with Crippen molar-refractivity contribution >= 4 is 28.3 Å². The summed E-state index contributed by atoms with van der Waals surface area (Å²) in [5, 5.41) is 1.94. The number of esters is 1. The van der Waals surface area contributed by atoms with Crippen molar-refractivity contribution in [2.75, 3.05) is 41.4 Å². The Morgan fingerprint density at radius 1 is 1.04 bits per heavy atom. The number of fused-ring (bicyclic) bond motifs is 3. The molecule has 0 aliphatic rings. The minimum absolute atomic E-state index is 0.271. The molecule has 0 aliphatic heterocycles. The number of likely N-dealkylation sites (N-methyl/N-ethyl adjacent to an activating group) is 1. The standard InChI is InChI=1S/C20H23N3O4/c1-21(2)11-12-27-20(25)18-15-7-5-6-8-16(15)23-13-14(9-10-17(18)23)19(24)22(3)26-4/h5-10,13H,11-12H2,1-4H3. The van der Waals surface area contributed by atoms with Crippen LogP contribution in [0.3, 0.4) is 0 Å². The number of carbonyl (C=O) groups excluding carboxylic acids is 2. The van der Waals surface area contributed by atoms with Crippen LogP contribution in [0.4, 0.5) is 0 Å². The number of pyridine rings is 1. The van der Waals surface area contributed by atoms with Gasteiger partial charge in [-0.15, -0.1) is 0 Å².